The Hall–Kier alpha value is 0. The summed E-state index contributed by atoms with van der Waals surface area (Å²) in [5.74, 6) is 2.03. The van der Waals surface area contributed by atoms with Gasteiger partial charge >= 0.3 is 0 Å². The molecule has 1 aliphatic carbocycles. The van der Waals surface area contributed by atoms with Gasteiger partial charge in [-0.1, -0.05) is 40.5 Å². The van der Waals surface area contributed by atoms with Crippen molar-refractivity contribution in [3.05, 3.63) is 0 Å². The number of rotatable bonds is 1. The Morgan fingerprint density at radius 3 is 2.09 bits per heavy atom. The van der Waals surface area contributed by atoms with Crippen LogP contribution < -0.4 is 0 Å². The second-order valence-corrected chi connectivity index (χ2v) is 5.15. The van der Waals surface area contributed by atoms with E-state index in [1.807, 2.05) is 0 Å². The van der Waals surface area contributed by atoms with E-state index in [0.717, 1.165) is 11.8 Å². The molecule has 0 heterocycles. The summed E-state index contributed by atoms with van der Waals surface area (Å²) >= 11 is 0. The minimum atomic E-state index is 0.559. The van der Waals surface area contributed by atoms with Crippen LogP contribution in [-0.4, -0.2) is 0 Å². The molecule has 0 unspecified atom stereocenters. The smallest absolute Gasteiger partial charge is 0.0354 e. The van der Waals surface area contributed by atoms with Gasteiger partial charge in [0.05, 0.1) is 0 Å². The quantitative estimate of drug-likeness (QED) is 0.538. The van der Waals surface area contributed by atoms with E-state index in [9.17, 15) is 0 Å². The fourth-order valence-electron chi connectivity index (χ4n) is 2.23. The molecular weight excluding hydrogens is 132 g/mol. The highest BCUT2D eigenvalue weighted by Gasteiger charge is 2.31. The van der Waals surface area contributed by atoms with Gasteiger partial charge in [-0.25, -0.2) is 0 Å². The lowest BCUT2D eigenvalue weighted by atomic mass is 9.79. The molecule has 0 aromatic carbocycles. The normalized spacial score (nSPS) is 32.7. The fraction of sp³-hybridized carbons (Fsp3) is 1.00. The second kappa shape index (κ2) is 3.16. The van der Waals surface area contributed by atoms with Crippen molar-refractivity contribution >= 4 is 0 Å². The van der Waals surface area contributed by atoms with Crippen LogP contribution in [-0.2, 0) is 0 Å². The molecule has 0 aliphatic heterocycles. The Kier molecular flexibility index (Phi) is 2.61. The SMILES string of the molecule is CC[C@H]1CC[C@@H](C(C)(C)C)C1. The van der Waals surface area contributed by atoms with Crippen molar-refractivity contribution in [2.24, 2.45) is 17.3 Å². The topological polar surface area (TPSA) is 0 Å². The molecule has 0 N–H and O–H groups in total. The highest BCUT2D eigenvalue weighted by atomic mass is 14.4. The number of hydrogen-bond acceptors (Lipinski definition) is 0. The van der Waals surface area contributed by atoms with Crippen molar-refractivity contribution in [2.45, 2.75) is 53.4 Å². The van der Waals surface area contributed by atoms with Crippen LogP contribution in [0, 0.1) is 17.3 Å². The Labute approximate surface area is 71.4 Å². The summed E-state index contributed by atoms with van der Waals surface area (Å²) < 4.78 is 0. The fourth-order valence-corrected chi connectivity index (χ4v) is 2.23. The van der Waals surface area contributed by atoms with Crippen molar-refractivity contribution < 1.29 is 0 Å². The molecule has 1 fully saturated rings. The third-order valence-electron chi connectivity index (χ3n) is 3.34. The average molecular weight is 154 g/mol. The summed E-state index contributed by atoms with van der Waals surface area (Å²) in [6, 6.07) is 0. The third-order valence-corrected chi connectivity index (χ3v) is 3.34. The van der Waals surface area contributed by atoms with Crippen LogP contribution in [0.1, 0.15) is 53.4 Å². The zero-order valence-electron chi connectivity index (χ0n) is 8.48. The van der Waals surface area contributed by atoms with Crippen LogP contribution in [0.2, 0.25) is 0 Å². The van der Waals surface area contributed by atoms with E-state index < -0.39 is 0 Å². The summed E-state index contributed by atoms with van der Waals surface area (Å²) in [5, 5.41) is 0. The summed E-state index contributed by atoms with van der Waals surface area (Å²) in [6.07, 6.45) is 5.84. The van der Waals surface area contributed by atoms with Crippen molar-refractivity contribution in [1.29, 1.82) is 0 Å². The van der Waals surface area contributed by atoms with Gasteiger partial charge < -0.3 is 0 Å². The minimum Gasteiger partial charge on any atom is -0.0651 e. The molecule has 0 heteroatoms. The Balaban J connectivity index is 2.42. The first kappa shape index (κ1) is 9.09. The molecule has 66 valence electrons. The predicted molar refractivity (Wildman–Crippen MR) is 50.6 cm³/mol. The first-order chi connectivity index (χ1) is 5.04. The Morgan fingerprint density at radius 2 is 1.82 bits per heavy atom. The van der Waals surface area contributed by atoms with Crippen molar-refractivity contribution in [1.82, 2.24) is 0 Å². The molecule has 0 aromatic rings. The lowest BCUT2D eigenvalue weighted by molar-refractivity contribution is 0.238. The van der Waals surface area contributed by atoms with Gasteiger partial charge in [-0.3, -0.25) is 0 Å². The van der Waals surface area contributed by atoms with E-state index in [1.165, 1.54) is 25.7 Å². The molecule has 1 saturated carbocycles. The monoisotopic (exact) mass is 154 g/mol. The number of hydrogen-bond donors (Lipinski definition) is 0. The molecule has 0 radical (unpaired) electrons. The van der Waals surface area contributed by atoms with Crippen molar-refractivity contribution in [3.63, 3.8) is 0 Å². The molecule has 1 rings (SSSR count). The zero-order chi connectivity index (χ0) is 8.48. The second-order valence-electron chi connectivity index (χ2n) is 5.15. The summed E-state index contributed by atoms with van der Waals surface area (Å²) in [7, 11) is 0. The molecule has 0 bridgehead atoms. The van der Waals surface area contributed by atoms with Crippen molar-refractivity contribution in [3.8, 4) is 0 Å². The van der Waals surface area contributed by atoms with Crippen molar-refractivity contribution in [2.75, 3.05) is 0 Å². The molecule has 0 saturated heterocycles. The van der Waals surface area contributed by atoms with E-state index in [0.29, 0.717) is 5.41 Å². The van der Waals surface area contributed by atoms with Gasteiger partial charge in [0.1, 0.15) is 0 Å². The summed E-state index contributed by atoms with van der Waals surface area (Å²) in [6.45, 7) is 9.48. The van der Waals surface area contributed by atoms with Crippen LogP contribution >= 0.6 is 0 Å². The molecule has 11 heavy (non-hydrogen) atoms. The molecule has 0 amide bonds. The van der Waals surface area contributed by atoms with Gasteiger partial charge in [-0.2, -0.15) is 0 Å². The molecule has 2 atom stereocenters. The largest absolute Gasteiger partial charge is 0.0651 e. The molecule has 0 aromatic heterocycles. The van der Waals surface area contributed by atoms with Crippen LogP contribution in [0.5, 0.6) is 0 Å². The average Bonchev–Trinajstić information content (AvgIpc) is 2.32. The molecule has 0 nitrogen and oxygen atoms in total. The van der Waals surface area contributed by atoms with Crippen LogP contribution in [0.4, 0.5) is 0 Å². The van der Waals surface area contributed by atoms with Gasteiger partial charge in [-0.05, 0) is 30.1 Å². The van der Waals surface area contributed by atoms with Crippen LogP contribution in [0.3, 0.4) is 0 Å². The predicted octanol–water partition coefficient (Wildman–Crippen LogP) is 3.86. The maximum absolute atomic E-state index is 2.38. The maximum Gasteiger partial charge on any atom is -0.0354 e. The molecule has 0 spiro atoms. The van der Waals surface area contributed by atoms with Gasteiger partial charge in [0.25, 0.3) is 0 Å². The standard InChI is InChI=1S/C11H22/c1-5-9-6-7-10(8-9)11(2,3)4/h9-10H,5-8H2,1-4H3/t9-,10+/m0/s1. The molecule has 1 aliphatic rings. The Bertz CT molecular complexity index is 118. The lowest BCUT2D eigenvalue weighted by Crippen LogP contribution is -2.17. The lowest BCUT2D eigenvalue weighted by Gasteiger charge is -2.26. The van der Waals surface area contributed by atoms with Crippen LogP contribution in [0.15, 0.2) is 0 Å². The van der Waals surface area contributed by atoms with E-state index in [-0.39, 0.29) is 0 Å². The highest BCUT2D eigenvalue weighted by Crippen LogP contribution is 2.42. The van der Waals surface area contributed by atoms with Gasteiger partial charge in [-0.15, -0.1) is 0 Å². The van der Waals surface area contributed by atoms with Gasteiger partial charge in [0.15, 0.2) is 0 Å². The Morgan fingerprint density at radius 1 is 1.18 bits per heavy atom. The minimum absolute atomic E-state index is 0.559. The first-order valence-corrected chi connectivity index (χ1v) is 5.04. The van der Waals surface area contributed by atoms with E-state index >= 15 is 0 Å². The van der Waals surface area contributed by atoms with Gasteiger partial charge in [0.2, 0.25) is 0 Å². The summed E-state index contributed by atoms with van der Waals surface area (Å²) in [5.41, 5.74) is 0.559. The zero-order valence-corrected chi connectivity index (χ0v) is 8.48. The van der Waals surface area contributed by atoms with Crippen LogP contribution in [0.25, 0.3) is 0 Å². The van der Waals surface area contributed by atoms with E-state index in [2.05, 4.69) is 27.7 Å². The maximum atomic E-state index is 2.38. The summed E-state index contributed by atoms with van der Waals surface area (Å²) in [4.78, 5) is 0. The van der Waals surface area contributed by atoms with Gasteiger partial charge in [0, 0.05) is 0 Å². The third kappa shape index (κ3) is 2.21. The first-order valence-electron chi connectivity index (χ1n) is 5.04. The van der Waals surface area contributed by atoms with E-state index in [4.69, 9.17) is 0 Å². The highest BCUT2D eigenvalue weighted by molar-refractivity contribution is 4.82. The van der Waals surface area contributed by atoms with E-state index in [1.54, 1.807) is 0 Å². The molecular formula is C11H22.